The second kappa shape index (κ2) is 7.25. The van der Waals surface area contributed by atoms with Crippen molar-refractivity contribution >= 4 is 5.78 Å². The molecule has 1 atom stereocenters. The fraction of sp³-hybridized carbons (Fsp3) is 0.933. The number of ketones is 1. The molecule has 1 aliphatic carbocycles. The highest BCUT2D eigenvalue weighted by Crippen LogP contribution is 2.25. The molecule has 2 aliphatic rings. The van der Waals surface area contributed by atoms with Crippen molar-refractivity contribution in [3.05, 3.63) is 0 Å². The van der Waals surface area contributed by atoms with Crippen molar-refractivity contribution < 1.29 is 9.53 Å². The van der Waals surface area contributed by atoms with Crippen LogP contribution < -0.4 is 0 Å². The number of Topliss-reactive ketones (excluding diaryl/α,β-unsaturated/α-hetero) is 1. The van der Waals surface area contributed by atoms with Gasteiger partial charge in [0, 0.05) is 19.1 Å². The van der Waals surface area contributed by atoms with E-state index in [-0.39, 0.29) is 0 Å². The highest BCUT2D eigenvalue weighted by atomic mass is 16.5. The van der Waals surface area contributed by atoms with Crippen LogP contribution in [0.15, 0.2) is 0 Å². The third-order valence-corrected chi connectivity index (χ3v) is 4.30. The molecule has 0 bridgehead atoms. The first-order chi connectivity index (χ1) is 8.79. The fourth-order valence-corrected chi connectivity index (χ4v) is 3.30. The molecule has 1 saturated carbocycles. The van der Waals surface area contributed by atoms with Gasteiger partial charge in [-0.25, -0.2) is 0 Å². The average Bonchev–Trinajstić information content (AvgIpc) is 2.40. The number of hydrogen-bond donors (Lipinski definition) is 0. The molecule has 3 nitrogen and oxygen atoms in total. The number of rotatable bonds is 5. The van der Waals surface area contributed by atoms with Gasteiger partial charge in [0.25, 0.3) is 0 Å². The van der Waals surface area contributed by atoms with E-state index in [0.29, 0.717) is 24.3 Å². The van der Waals surface area contributed by atoms with Crippen LogP contribution in [0.3, 0.4) is 0 Å². The molecule has 104 valence electrons. The van der Waals surface area contributed by atoms with E-state index < -0.39 is 0 Å². The topological polar surface area (TPSA) is 29.5 Å². The van der Waals surface area contributed by atoms with Gasteiger partial charge in [-0.15, -0.1) is 0 Å². The van der Waals surface area contributed by atoms with Crippen LogP contribution in [0.4, 0.5) is 0 Å². The van der Waals surface area contributed by atoms with Crippen molar-refractivity contribution in [2.75, 3.05) is 26.2 Å². The van der Waals surface area contributed by atoms with E-state index >= 15 is 0 Å². The molecule has 18 heavy (non-hydrogen) atoms. The van der Waals surface area contributed by atoms with Crippen LogP contribution in [-0.4, -0.2) is 43.0 Å². The zero-order valence-corrected chi connectivity index (χ0v) is 11.7. The van der Waals surface area contributed by atoms with Gasteiger partial charge in [0.05, 0.1) is 12.6 Å². The molecular formula is C15H27NO2. The molecule has 0 amide bonds. The molecule has 1 unspecified atom stereocenters. The van der Waals surface area contributed by atoms with Crippen LogP contribution in [0.25, 0.3) is 0 Å². The average molecular weight is 253 g/mol. The molecule has 0 N–H and O–H groups in total. The molecule has 0 aromatic heterocycles. The standard InChI is InChI=1S/C15H27NO2/c1-2-18-14-9-6-10-16(11-14)12-15(17)13-7-4-3-5-8-13/h13-14H,2-12H2,1H3. The Morgan fingerprint density at radius 3 is 2.67 bits per heavy atom. The maximum absolute atomic E-state index is 12.2. The van der Waals surface area contributed by atoms with Gasteiger partial charge in [-0.3, -0.25) is 9.69 Å². The van der Waals surface area contributed by atoms with Gasteiger partial charge in [-0.2, -0.15) is 0 Å². The van der Waals surface area contributed by atoms with E-state index in [1.807, 2.05) is 6.92 Å². The summed E-state index contributed by atoms with van der Waals surface area (Å²) in [5.41, 5.74) is 0. The van der Waals surface area contributed by atoms with E-state index in [2.05, 4.69) is 4.90 Å². The minimum absolute atomic E-state index is 0.350. The summed E-state index contributed by atoms with van der Waals surface area (Å²) >= 11 is 0. The van der Waals surface area contributed by atoms with E-state index in [4.69, 9.17) is 4.74 Å². The summed E-state index contributed by atoms with van der Waals surface area (Å²) in [5.74, 6) is 0.832. The lowest BCUT2D eigenvalue weighted by Gasteiger charge is -2.33. The van der Waals surface area contributed by atoms with Crippen molar-refractivity contribution in [1.82, 2.24) is 4.90 Å². The number of carbonyl (C=O) groups excluding carboxylic acids is 1. The van der Waals surface area contributed by atoms with Crippen molar-refractivity contribution in [3.8, 4) is 0 Å². The Labute approximate surface area is 111 Å². The maximum atomic E-state index is 12.2. The van der Waals surface area contributed by atoms with Gasteiger partial charge in [-0.05, 0) is 39.2 Å². The number of likely N-dealkylation sites (tertiary alicyclic amines) is 1. The Morgan fingerprint density at radius 2 is 1.94 bits per heavy atom. The zero-order chi connectivity index (χ0) is 12.8. The summed E-state index contributed by atoms with van der Waals surface area (Å²) in [7, 11) is 0. The molecule has 0 aromatic rings. The first-order valence-corrected chi connectivity index (χ1v) is 7.66. The normalized spacial score (nSPS) is 27.3. The summed E-state index contributed by atoms with van der Waals surface area (Å²) < 4.78 is 5.69. The van der Waals surface area contributed by atoms with Crippen molar-refractivity contribution in [2.45, 2.75) is 58.0 Å². The number of ether oxygens (including phenoxy) is 1. The van der Waals surface area contributed by atoms with Crippen LogP contribution >= 0.6 is 0 Å². The molecule has 0 aromatic carbocycles. The predicted octanol–water partition coefficient (Wildman–Crippen LogP) is 2.64. The number of carbonyl (C=O) groups is 1. The molecule has 0 radical (unpaired) electrons. The SMILES string of the molecule is CCOC1CCCN(CC(=O)C2CCCCC2)C1. The number of nitrogens with zero attached hydrogens (tertiary/aromatic N) is 1. The Bertz CT molecular complexity index is 259. The monoisotopic (exact) mass is 253 g/mol. The summed E-state index contributed by atoms with van der Waals surface area (Å²) in [6.45, 7) is 5.52. The predicted molar refractivity (Wildman–Crippen MR) is 72.7 cm³/mol. The van der Waals surface area contributed by atoms with Crippen molar-refractivity contribution in [1.29, 1.82) is 0 Å². The molecule has 1 aliphatic heterocycles. The molecule has 3 heteroatoms. The first-order valence-electron chi connectivity index (χ1n) is 7.66. The van der Waals surface area contributed by atoms with Crippen LogP contribution in [-0.2, 0) is 9.53 Å². The van der Waals surface area contributed by atoms with Crippen LogP contribution in [0.2, 0.25) is 0 Å². The molecule has 2 rings (SSSR count). The third-order valence-electron chi connectivity index (χ3n) is 4.30. The van der Waals surface area contributed by atoms with Crippen LogP contribution in [0.1, 0.15) is 51.9 Å². The molecule has 1 saturated heterocycles. The molecule has 0 spiro atoms. The van der Waals surface area contributed by atoms with E-state index in [1.54, 1.807) is 0 Å². The summed E-state index contributed by atoms with van der Waals surface area (Å²) in [4.78, 5) is 14.6. The maximum Gasteiger partial charge on any atom is 0.149 e. The van der Waals surface area contributed by atoms with Gasteiger partial charge < -0.3 is 4.74 Å². The van der Waals surface area contributed by atoms with Gasteiger partial charge >= 0.3 is 0 Å². The lowest BCUT2D eigenvalue weighted by Crippen LogP contribution is -2.43. The second-order valence-corrected chi connectivity index (χ2v) is 5.76. The van der Waals surface area contributed by atoms with Gasteiger partial charge in [-0.1, -0.05) is 19.3 Å². The fourth-order valence-electron chi connectivity index (χ4n) is 3.30. The molecule has 2 fully saturated rings. The molecular weight excluding hydrogens is 226 g/mol. The second-order valence-electron chi connectivity index (χ2n) is 5.76. The van der Waals surface area contributed by atoms with Crippen LogP contribution in [0, 0.1) is 5.92 Å². The smallest absolute Gasteiger partial charge is 0.149 e. The van der Waals surface area contributed by atoms with E-state index in [9.17, 15) is 4.79 Å². The van der Waals surface area contributed by atoms with Gasteiger partial charge in [0.1, 0.15) is 5.78 Å². The highest BCUT2D eigenvalue weighted by molar-refractivity contribution is 5.83. The number of hydrogen-bond acceptors (Lipinski definition) is 3. The van der Waals surface area contributed by atoms with Crippen LogP contribution in [0.5, 0.6) is 0 Å². The Balaban J connectivity index is 1.75. The molecule has 1 heterocycles. The minimum atomic E-state index is 0.350. The summed E-state index contributed by atoms with van der Waals surface area (Å²) in [6.07, 6.45) is 8.74. The summed E-state index contributed by atoms with van der Waals surface area (Å²) in [5, 5.41) is 0. The van der Waals surface area contributed by atoms with Crippen molar-refractivity contribution in [3.63, 3.8) is 0 Å². The van der Waals surface area contributed by atoms with Gasteiger partial charge in [0.2, 0.25) is 0 Å². The summed E-state index contributed by atoms with van der Waals surface area (Å²) in [6, 6.07) is 0. The first kappa shape index (κ1) is 14.0. The van der Waals surface area contributed by atoms with Crippen molar-refractivity contribution in [2.24, 2.45) is 5.92 Å². The van der Waals surface area contributed by atoms with E-state index in [0.717, 1.165) is 39.0 Å². The quantitative estimate of drug-likeness (QED) is 0.754. The lowest BCUT2D eigenvalue weighted by molar-refractivity contribution is -0.125. The Hall–Kier alpha value is -0.410. The minimum Gasteiger partial charge on any atom is -0.377 e. The lowest BCUT2D eigenvalue weighted by atomic mass is 9.86. The Kier molecular flexibility index (Phi) is 5.64. The van der Waals surface area contributed by atoms with Gasteiger partial charge in [0.15, 0.2) is 0 Å². The zero-order valence-electron chi connectivity index (χ0n) is 11.7. The number of piperidine rings is 1. The van der Waals surface area contributed by atoms with E-state index in [1.165, 1.54) is 25.7 Å². The highest BCUT2D eigenvalue weighted by Gasteiger charge is 2.26. The largest absolute Gasteiger partial charge is 0.377 e. The third kappa shape index (κ3) is 4.06. The Morgan fingerprint density at radius 1 is 1.17 bits per heavy atom.